The minimum atomic E-state index is -1.02. The number of hydrogen-bond acceptors (Lipinski definition) is 7. The molecule has 12 heteroatoms. The van der Waals surface area contributed by atoms with Crippen molar-refractivity contribution in [2.75, 3.05) is 5.32 Å². The van der Waals surface area contributed by atoms with Crippen LogP contribution in [0.5, 0.6) is 0 Å². The van der Waals surface area contributed by atoms with E-state index in [-0.39, 0.29) is 40.0 Å². The van der Waals surface area contributed by atoms with Gasteiger partial charge in [-0.1, -0.05) is 25.9 Å². The highest BCUT2D eigenvalue weighted by Crippen LogP contribution is 2.34. The minimum absolute atomic E-state index is 0.0213. The van der Waals surface area contributed by atoms with E-state index >= 15 is 8.78 Å². The lowest BCUT2D eigenvalue weighted by Crippen LogP contribution is -2.29. The van der Waals surface area contributed by atoms with Gasteiger partial charge in [-0.15, -0.1) is 0 Å². The van der Waals surface area contributed by atoms with Crippen molar-refractivity contribution in [3.63, 3.8) is 0 Å². The normalized spacial score (nSPS) is 12.1. The predicted molar refractivity (Wildman–Crippen MR) is 148 cm³/mol. The first-order valence-electron chi connectivity index (χ1n) is 13.2. The van der Waals surface area contributed by atoms with Crippen molar-refractivity contribution in [3.8, 4) is 11.3 Å². The van der Waals surface area contributed by atoms with Gasteiger partial charge in [-0.25, -0.2) is 18.3 Å². The van der Waals surface area contributed by atoms with Gasteiger partial charge in [-0.3, -0.25) is 14.9 Å². The van der Waals surface area contributed by atoms with Crippen LogP contribution in [0.4, 0.5) is 19.4 Å². The zero-order valence-corrected chi connectivity index (χ0v) is 24.6. The molecule has 0 aliphatic rings. The second-order valence-corrected chi connectivity index (χ2v) is 12.4. The standard InChI is InChI=1S/C29H37F2N5O5/c1-15(2)36-26(33-27(39)40-29(6,7)8)23(25(32)38)24(34-36)20-13-21(30)16(10-22(20)31)9-18(37)12-19-11-17(35-41-19)14-28(3,4)5/h10-11,13,15H,9,12,14H2,1-8H3,(H2,32,38)(H,33,39). The first-order chi connectivity index (χ1) is 18.8. The molecule has 0 spiro atoms. The second-order valence-electron chi connectivity index (χ2n) is 12.4. The van der Waals surface area contributed by atoms with Gasteiger partial charge in [0.1, 0.15) is 45.9 Å². The summed E-state index contributed by atoms with van der Waals surface area (Å²) in [6, 6.07) is 3.01. The summed E-state index contributed by atoms with van der Waals surface area (Å²) in [6.07, 6.45) is -0.760. The molecule has 0 bridgehead atoms. The molecule has 0 aliphatic carbocycles. The Balaban J connectivity index is 1.91. The predicted octanol–water partition coefficient (Wildman–Crippen LogP) is 5.79. The molecule has 2 aromatic heterocycles. The van der Waals surface area contributed by atoms with Gasteiger partial charge in [0.05, 0.1) is 12.1 Å². The Kier molecular flexibility index (Phi) is 9.04. The van der Waals surface area contributed by atoms with E-state index in [1.54, 1.807) is 40.7 Å². The fraction of sp³-hybridized carbons (Fsp3) is 0.483. The molecule has 0 radical (unpaired) electrons. The molecule has 3 N–H and O–H groups in total. The highest BCUT2D eigenvalue weighted by atomic mass is 19.1. The molecule has 1 aromatic carbocycles. The van der Waals surface area contributed by atoms with Crippen molar-refractivity contribution in [1.82, 2.24) is 14.9 Å². The molecule has 2 heterocycles. The number of nitrogens with zero attached hydrogens (tertiary/aromatic N) is 3. The summed E-state index contributed by atoms with van der Waals surface area (Å²) in [4.78, 5) is 37.6. The number of halogens is 2. The quantitative estimate of drug-likeness (QED) is 0.330. The molecule has 0 fully saturated rings. The zero-order chi connectivity index (χ0) is 30.9. The third kappa shape index (κ3) is 8.21. The number of amides is 2. The topological polar surface area (TPSA) is 142 Å². The Bertz CT molecular complexity index is 1460. The number of anilines is 1. The molecule has 2 amide bonds. The highest BCUT2D eigenvalue weighted by molar-refractivity contribution is 6.06. The number of aromatic nitrogens is 3. The van der Waals surface area contributed by atoms with E-state index in [1.165, 1.54) is 4.68 Å². The van der Waals surface area contributed by atoms with E-state index in [2.05, 4.69) is 15.6 Å². The first-order valence-corrected chi connectivity index (χ1v) is 13.2. The first kappa shape index (κ1) is 31.4. The van der Waals surface area contributed by atoms with Crippen LogP contribution in [0.25, 0.3) is 11.3 Å². The van der Waals surface area contributed by atoms with E-state index in [9.17, 15) is 14.4 Å². The molecular formula is C29H37F2N5O5. The van der Waals surface area contributed by atoms with Crippen LogP contribution in [0.1, 0.15) is 88.8 Å². The smallest absolute Gasteiger partial charge is 0.413 e. The molecule has 10 nitrogen and oxygen atoms in total. The number of carbonyl (C=O) groups is 3. The molecular weight excluding hydrogens is 536 g/mol. The molecule has 222 valence electrons. The van der Waals surface area contributed by atoms with E-state index in [1.807, 2.05) is 20.8 Å². The van der Waals surface area contributed by atoms with Crippen LogP contribution in [-0.4, -0.2) is 38.3 Å². The number of nitrogens with one attached hydrogen (secondary N) is 1. The Morgan fingerprint density at radius 1 is 1.05 bits per heavy atom. The minimum Gasteiger partial charge on any atom is -0.444 e. The number of benzene rings is 1. The van der Waals surface area contributed by atoms with Gasteiger partial charge >= 0.3 is 6.09 Å². The van der Waals surface area contributed by atoms with Crippen molar-refractivity contribution < 1.29 is 32.4 Å². The summed E-state index contributed by atoms with van der Waals surface area (Å²) < 4.78 is 42.4. The molecule has 0 unspecified atom stereocenters. The Morgan fingerprint density at radius 2 is 1.71 bits per heavy atom. The molecule has 0 aliphatic heterocycles. The molecule has 0 saturated heterocycles. The van der Waals surface area contributed by atoms with Crippen molar-refractivity contribution in [1.29, 1.82) is 0 Å². The van der Waals surface area contributed by atoms with Gasteiger partial charge in [0.2, 0.25) is 0 Å². The van der Waals surface area contributed by atoms with E-state index in [4.69, 9.17) is 15.0 Å². The maximum Gasteiger partial charge on any atom is 0.413 e. The van der Waals surface area contributed by atoms with Gasteiger partial charge in [0.25, 0.3) is 5.91 Å². The second kappa shape index (κ2) is 11.8. The maximum atomic E-state index is 15.4. The van der Waals surface area contributed by atoms with E-state index < -0.39 is 47.5 Å². The Labute approximate surface area is 237 Å². The largest absolute Gasteiger partial charge is 0.444 e. The summed E-state index contributed by atoms with van der Waals surface area (Å²) in [7, 11) is 0. The van der Waals surface area contributed by atoms with Gasteiger partial charge in [0.15, 0.2) is 0 Å². The van der Waals surface area contributed by atoms with E-state index in [0.717, 1.165) is 12.1 Å². The Hall–Kier alpha value is -4.09. The summed E-state index contributed by atoms with van der Waals surface area (Å²) in [5, 5.41) is 10.7. The van der Waals surface area contributed by atoms with Crippen molar-refractivity contribution in [3.05, 3.63) is 52.4 Å². The van der Waals surface area contributed by atoms with Crippen molar-refractivity contribution in [2.24, 2.45) is 11.1 Å². The van der Waals surface area contributed by atoms with Crippen molar-refractivity contribution in [2.45, 2.75) is 86.3 Å². The molecule has 0 saturated carbocycles. The SMILES string of the molecule is CC(C)n1nc(-c2cc(F)c(CC(=O)Cc3cc(CC(C)(C)C)no3)cc2F)c(C(N)=O)c1NC(=O)OC(C)(C)C. The number of nitrogens with two attached hydrogens (primary N) is 1. The van der Waals surface area contributed by atoms with Crippen LogP contribution in [0, 0.1) is 17.0 Å². The van der Waals surface area contributed by atoms with Crippen LogP contribution >= 0.6 is 0 Å². The number of carbonyl (C=O) groups excluding carboxylic acids is 3. The molecule has 3 aromatic rings. The molecule has 41 heavy (non-hydrogen) atoms. The fourth-order valence-electron chi connectivity index (χ4n) is 4.19. The number of ether oxygens (including phenoxy) is 1. The monoisotopic (exact) mass is 573 g/mol. The highest BCUT2D eigenvalue weighted by Gasteiger charge is 2.29. The van der Waals surface area contributed by atoms with Gasteiger partial charge < -0.3 is 15.0 Å². The lowest BCUT2D eigenvalue weighted by atomic mass is 9.90. The van der Waals surface area contributed by atoms with Gasteiger partial charge in [-0.05, 0) is 64.2 Å². The number of Topliss-reactive ketones (excluding diaryl/α,β-unsaturated/α-hetero) is 1. The summed E-state index contributed by atoms with van der Waals surface area (Å²) in [5.41, 5.74) is 4.32. The summed E-state index contributed by atoms with van der Waals surface area (Å²) in [5.74, 6) is -3.01. The van der Waals surface area contributed by atoms with Gasteiger partial charge in [-0.2, -0.15) is 5.10 Å². The zero-order valence-electron chi connectivity index (χ0n) is 24.6. The van der Waals surface area contributed by atoms with Crippen LogP contribution in [0.15, 0.2) is 22.7 Å². The molecule has 3 rings (SSSR count). The number of rotatable bonds is 9. The fourth-order valence-corrected chi connectivity index (χ4v) is 4.19. The lowest BCUT2D eigenvalue weighted by molar-refractivity contribution is -0.118. The average molecular weight is 574 g/mol. The summed E-state index contributed by atoms with van der Waals surface area (Å²) >= 11 is 0. The van der Waals surface area contributed by atoms with Crippen LogP contribution in [0.2, 0.25) is 0 Å². The number of ketones is 1. The van der Waals surface area contributed by atoms with Crippen LogP contribution < -0.4 is 11.1 Å². The van der Waals surface area contributed by atoms with Crippen LogP contribution in [-0.2, 0) is 28.8 Å². The summed E-state index contributed by atoms with van der Waals surface area (Å²) in [6.45, 7) is 14.6. The third-order valence-corrected chi connectivity index (χ3v) is 5.73. The van der Waals surface area contributed by atoms with Crippen molar-refractivity contribution >= 4 is 23.6 Å². The average Bonchev–Trinajstić information content (AvgIpc) is 3.37. The maximum absolute atomic E-state index is 15.4. The van der Waals surface area contributed by atoms with Crippen LogP contribution in [0.3, 0.4) is 0 Å². The molecule has 0 atom stereocenters. The Morgan fingerprint density at radius 3 is 2.27 bits per heavy atom. The number of primary amides is 1. The van der Waals surface area contributed by atoms with E-state index in [0.29, 0.717) is 17.9 Å². The lowest BCUT2D eigenvalue weighted by Gasteiger charge is -2.20. The van der Waals surface area contributed by atoms with Gasteiger partial charge in [0, 0.05) is 24.1 Å². The number of hydrogen-bond donors (Lipinski definition) is 2. The third-order valence-electron chi connectivity index (χ3n) is 5.73.